The number of benzene rings is 5. The van der Waals surface area contributed by atoms with Crippen LogP contribution in [-0.4, -0.2) is 11.0 Å². The van der Waals surface area contributed by atoms with E-state index in [1.54, 1.807) is 17.5 Å². The van der Waals surface area contributed by atoms with Crippen LogP contribution in [0.1, 0.15) is 26.0 Å². The number of nitriles is 1. The smallest absolute Gasteiger partial charge is 0.231 e. The van der Waals surface area contributed by atoms with Crippen molar-refractivity contribution in [3.8, 4) is 6.07 Å². The van der Waals surface area contributed by atoms with Gasteiger partial charge in [0.2, 0.25) is 5.13 Å². The molecule has 44 heavy (non-hydrogen) atoms. The molecule has 0 spiro atoms. The molecule has 0 fully saturated rings. The van der Waals surface area contributed by atoms with Gasteiger partial charge in [-0.1, -0.05) is 55.5 Å². The average Bonchev–Trinajstić information content (AvgIpc) is 3.55. The third kappa shape index (κ3) is 6.38. The van der Waals surface area contributed by atoms with E-state index in [1.165, 1.54) is 11.3 Å². The summed E-state index contributed by atoms with van der Waals surface area (Å²) in [6, 6.07) is 33.7. The molecule has 1 unspecified atom stereocenters. The summed E-state index contributed by atoms with van der Waals surface area (Å²) in [6.07, 6.45) is 1.04. The van der Waals surface area contributed by atoms with Gasteiger partial charge in [-0.3, -0.25) is 0 Å². The first-order chi connectivity index (χ1) is 21.6. The molecule has 0 amide bonds. The number of nitrogens with one attached hydrogen (secondary N) is 1. The standard InChI is InChI=1S/C34H27N9S/c1-3-22(2)36-30-16-17-32(27-9-5-4-8-26(27)30)41-42-33-19-18-31(28-10-6-7-11-29(28)33)40-38-23-12-14-24(15-13-23)39-43-34-37-25(20-35)21-44-34/h4-19,21-22,36H,3H2,1-2H3/b40-38+,42-41+,43-39+. The Morgan fingerprint density at radius 3 is 1.73 bits per heavy atom. The van der Waals surface area contributed by atoms with Crippen LogP contribution in [0.15, 0.2) is 133 Å². The van der Waals surface area contributed by atoms with Crippen molar-refractivity contribution in [3.63, 3.8) is 0 Å². The lowest BCUT2D eigenvalue weighted by molar-refractivity contribution is 0.765. The van der Waals surface area contributed by atoms with Gasteiger partial charge in [0.1, 0.15) is 6.07 Å². The van der Waals surface area contributed by atoms with E-state index in [-0.39, 0.29) is 0 Å². The molecule has 0 saturated heterocycles. The molecule has 0 aliphatic rings. The number of thiazole rings is 1. The summed E-state index contributed by atoms with van der Waals surface area (Å²) in [6.45, 7) is 4.35. The van der Waals surface area contributed by atoms with E-state index in [9.17, 15) is 0 Å². The van der Waals surface area contributed by atoms with Gasteiger partial charge < -0.3 is 5.32 Å². The Bertz CT molecular complexity index is 2070. The first-order valence-corrected chi connectivity index (χ1v) is 15.0. The fraction of sp³-hybridized carbons (Fsp3) is 0.118. The Labute approximate surface area is 258 Å². The zero-order valence-electron chi connectivity index (χ0n) is 24.1. The SMILES string of the molecule is CCC(C)Nc1ccc(/N=N/c2ccc(/N=N/c3ccc(/N=N/c4nc(C#N)cs4)cc3)c3ccccc23)c2ccccc12. The third-order valence-electron chi connectivity index (χ3n) is 7.04. The van der Waals surface area contributed by atoms with Crippen molar-refractivity contribution in [2.24, 2.45) is 30.7 Å². The average molecular weight is 594 g/mol. The maximum Gasteiger partial charge on any atom is 0.231 e. The Balaban J connectivity index is 1.23. The lowest BCUT2D eigenvalue weighted by Crippen LogP contribution is -2.13. The molecule has 0 saturated carbocycles. The van der Waals surface area contributed by atoms with Gasteiger partial charge in [-0.25, -0.2) is 4.98 Å². The molecular formula is C34H27N9S. The van der Waals surface area contributed by atoms with Gasteiger partial charge in [0, 0.05) is 38.7 Å². The van der Waals surface area contributed by atoms with Crippen LogP contribution in [0.2, 0.25) is 0 Å². The first kappa shape index (κ1) is 28.5. The minimum Gasteiger partial charge on any atom is -0.382 e. The van der Waals surface area contributed by atoms with E-state index < -0.39 is 0 Å². The molecule has 1 atom stereocenters. The predicted molar refractivity (Wildman–Crippen MR) is 177 cm³/mol. The number of hydrogen-bond donors (Lipinski definition) is 1. The molecule has 5 aromatic carbocycles. The van der Waals surface area contributed by atoms with Gasteiger partial charge in [-0.15, -0.1) is 36.9 Å². The summed E-state index contributed by atoms with van der Waals surface area (Å²) in [7, 11) is 0. The van der Waals surface area contributed by atoms with Crippen LogP contribution >= 0.6 is 11.3 Å². The first-order valence-electron chi connectivity index (χ1n) is 14.1. The second-order valence-electron chi connectivity index (χ2n) is 10.0. The van der Waals surface area contributed by atoms with E-state index in [0.29, 0.717) is 28.2 Å². The van der Waals surface area contributed by atoms with Crippen molar-refractivity contribution in [3.05, 3.63) is 108 Å². The number of nitrogens with zero attached hydrogens (tertiary/aromatic N) is 8. The molecule has 0 radical (unpaired) electrons. The second-order valence-corrected chi connectivity index (χ2v) is 10.9. The minimum atomic E-state index is 0.330. The lowest BCUT2D eigenvalue weighted by Gasteiger charge is -2.15. The topological polar surface area (TPSA) is 123 Å². The highest BCUT2D eigenvalue weighted by molar-refractivity contribution is 7.13. The molecule has 214 valence electrons. The van der Waals surface area contributed by atoms with Crippen LogP contribution in [0.4, 0.5) is 39.3 Å². The van der Waals surface area contributed by atoms with Crippen LogP contribution in [0.5, 0.6) is 0 Å². The van der Waals surface area contributed by atoms with Crippen LogP contribution in [0.3, 0.4) is 0 Å². The van der Waals surface area contributed by atoms with Gasteiger partial charge in [0.05, 0.1) is 28.4 Å². The van der Waals surface area contributed by atoms with Gasteiger partial charge >= 0.3 is 0 Å². The summed E-state index contributed by atoms with van der Waals surface area (Å²) in [5, 5.41) is 45.2. The Hall–Kier alpha value is -5.66. The van der Waals surface area contributed by atoms with Crippen molar-refractivity contribution in [2.75, 3.05) is 5.32 Å². The van der Waals surface area contributed by atoms with Crippen LogP contribution < -0.4 is 5.32 Å². The number of anilines is 1. The summed E-state index contributed by atoms with van der Waals surface area (Å²) >= 11 is 1.27. The number of rotatable bonds is 9. The normalized spacial score (nSPS) is 12.5. The van der Waals surface area contributed by atoms with Gasteiger partial charge in [0.15, 0.2) is 5.69 Å². The molecule has 0 aliphatic carbocycles. The highest BCUT2D eigenvalue weighted by Crippen LogP contribution is 2.37. The molecule has 1 aromatic heterocycles. The zero-order valence-corrected chi connectivity index (χ0v) is 24.9. The Morgan fingerprint density at radius 2 is 1.18 bits per heavy atom. The number of fused-ring (bicyclic) bond motifs is 2. The predicted octanol–water partition coefficient (Wildman–Crippen LogP) is 11.8. The van der Waals surface area contributed by atoms with Crippen molar-refractivity contribution in [1.29, 1.82) is 5.26 Å². The van der Waals surface area contributed by atoms with E-state index in [1.807, 2.05) is 72.8 Å². The minimum absolute atomic E-state index is 0.330. The van der Waals surface area contributed by atoms with Gasteiger partial charge in [-0.2, -0.15) is 10.4 Å². The van der Waals surface area contributed by atoms with Crippen LogP contribution in [-0.2, 0) is 0 Å². The third-order valence-corrected chi connectivity index (χ3v) is 7.76. The maximum absolute atomic E-state index is 8.90. The Kier molecular flexibility index (Phi) is 8.48. The molecule has 1 N–H and O–H groups in total. The van der Waals surface area contributed by atoms with Gasteiger partial charge in [-0.05, 0) is 61.9 Å². The van der Waals surface area contributed by atoms with Crippen molar-refractivity contribution >= 4 is 72.1 Å². The molecule has 0 aliphatic heterocycles. The Morgan fingerprint density at radius 1 is 0.682 bits per heavy atom. The van der Waals surface area contributed by atoms with E-state index in [0.717, 1.165) is 50.7 Å². The van der Waals surface area contributed by atoms with Crippen molar-refractivity contribution in [2.45, 2.75) is 26.3 Å². The quantitative estimate of drug-likeness (QED) is 0.168. The van der Waals surface area contributed by atoms with Crippen molar-refractivity contribution in [1.82, 2.24) is 4.98 Å². The molecular weight excluding hydrogens is 567 g/mol. The number of azo groups is 3. The second kappa shape index (κ2) is 13.1. The van der Waals surface area contributed by atoms with E-state index >= 15 is 0 Å². The monoisotopic (exact) mass is 593 g/mol. The fourth-order valence-corrected chi connectivity index (χ4v) is 5.13. The number of aromatic nitrogens is 1. The molecule has 6 aromatic rings. The summed E-state index contributed by atoms with van der Waals surface area (Å²) in [5.74, 6) is 0. The zero-order chi connectivity index (χ0) is 30.3. The van der Waals surface area contributed by atoms with E-state index in [4.69, 9.17) is 5.26 Å². The number of hydrogen-bond acceptors (Lipinski definition) is 10. The van der Waals surface area contributed by atoms with Crippen molar-refractivity contribution < 1.29 is 0 Å². The maximum atomic E-state index is 8.90. The summed E-state index contributed by atoms with van der Waals surface area (Å²) < 4.78 is 0. The lowest BCUT2D eigenvalue weighted by atomic mass is 10.1. The van der Waals surface area contributed by atoms with E-state index in [2.05, 4.69) is 73.0 Å². The fourth-order valence-electron chi connectivity index (χ4n) is 4.57. The molecule has 10 heteroatoms. The highest BCUT2D eigenvalue weighted by atomic mass is 32.1. The molecule has 6 rings (SSSR count). The largest absolute Gasteiger partial charge is 0.382 e. The molecule has 0 bridgehead atoms. The molecule has 1 heterocycles. The summed E-state index contributed by atoms with van der Waals surface area (Å²) in [4.78, 5) is 4.06. The van der Waals surface area contributed by atoms with Crippen LogP contribution in [0, 0.1) is 11.3 Å². The van der Waals surface area contributed by atoms with Crippen LogP contribution in [0.25, 0.3) is 21.5 Å². The van der Waals surface area contributed by atoms with Gasteiger partial charge in [0.25, 0.3) is 0 Å². The molecule has 9 nitrogen and oxygen atoms in total. The summed E-state index contributed by atoms with van der Waals surface area (Å²) in [5.41, 5.74) is 5.04. The highest BCUT2D eigenvalue weighted by Gasteiger charge is 2.09.